The smallest absolute Gasteiger partial charge is 0.341 e. The number of amides is 1. The Labute approximate surface area is 156 Å². The highest BCUT2D eigenvalue weighted by Crippen LogP contribution is 2.23. The van der Waals surface area contributed by atoms with Crippen LogP contribution in [0, 0.1) is 0 Å². The molecule has 0 atom stereocenters. The number of halogens is 1. The molecule has 0 saturated heterocycles. The first-order chi connectivity index (χ1) is 12.5. The molecule has 0 aliphatic heterocycles. The molecule has 1 amide bonds. The van der Waals surface area contributed by atoms with Crippen LogP contribution < -0.4 is 14.8 Å². The lowest BCUT2D eigenvalue weighted by Crippen LogP contribution is -2.27. The minimum Gasteiger partial charge on any atom is -0.496 e. The maximum atomic E-state index is 12.1. The summed E-state index contributed by atoms with van der Waals surface area (Å²) in [5, 5.41) is 12.0. The van der Waals surface area contributed by atoms with Gasteiger partial charge in [-0.25, -0.2) is 4.79 Å². The predicted octanol–water partition coefficient (Wildman–Crippen LogP) is 2.71. The van der Waals surface area contributed by atoms with Crippen molar-refractivity contribution in [3.8, 4) is 11.5 Å². The summed E-state index contributed by atoms with van der Waals surface area (Å²) in [7, 11) is 1.55. The van der Waals surface area contributed by atoms with E-state index in [1.54, 1.807) is 37.4 Å². The fraction of sp³-hybridized carbons (Fsp3) is 0.263. The Balaban J connectivity index is 1.79. The van der Waals surface area contributed by atoms with Crippen molar-refractivity contribution in [3.63, 3.8) is 0 Å². The minimum atomic E-state index is -1.02. The zero-order valence-corrected chi connectivity index (χ0v) is 15.1. The maximum Gasteiger partial charge on any atom is 0.341 e. The number of benzene rings is 2. The minimum absolute atomic E-state index is 0.119. The Kier molecular flexibility index (Phi) is 7.29. The van der Waals surface area contributed by atoms with E-state index in [2.05, 4.69) is 5.32 Å². The lowest BCUT2D eigenvalue weighted by atomic mass is 10.1. The second-order valence-electron chi connectivity index (χ2n) is 5.56. The number of hydrogen-bond donors (Lipinski definition) is 2. The molecule has 0 saturated carbocycles. The number of methoxy groups -OCH3 is 1. The zero-order valence-electron chi connectivity index (χ0n) is 14.3. The van der Waals surface area contributed by atoms with Crippen molar-refractivity contribution in [2.75, 3.05) is 20.3 Å². The molecule has 2 aromatic carbocycles. The van der Waals surface area contributed by atoms with Crippen molar-refractivity contribution in [3.05, 3.63) is 58.6 Å². The van der Waals surface area contributed by atoms with Crippen LogP contribution in [0.15, 0.2) is 42.5 Å². The fourth-order valence-corrected chi connectivity index (χ4v) is 2.56. The van der Waals surface area contributed by atoms with Gasteiger partial charge in [0.1, 0.15) is 11.5 Å². The van der Waals surface area contributed by atoms with E-state index in [1.165, 1.54) is 0 Å². The lowest BCUT2D eigenvalue weighted by Gasteiger charge is -2.10. The molecule has 0 heterocycles. The molecule has 0 bridgehead atoms. The molecular formula is C19H20ClNO5. The van der Waals surface area contributed by atoms with Crippen molar-refractivity contribution in [1.82, 2.24) is 5.32 Å². The Bertz CT molecular complexity index is 761. The Morgan fingerprint density at radius 3 is 2.54 bits per heavy atom. The fourth-order valence-electron chi connectivity index (χ4n) is 2.36. The molecular weight excluding hydrogens is 358 g/mol. The Morgan fingerprint density at radius 2 is 1.88 bits per heavy atom. The van der Waals surface area contributed by atoms with Gasteiger partial charge in [-0.2, -0.15) is 0 Å². The van der Waals surface area contributed by atoms with Gasteiger partial charge in [-0.3, -0.25) is 4.79 Å². The molecule has 0 unspecified atom stereocenters. The first kappa shape index (κ1) is 19.6. The second-order valence-corrected chi connectivity index (χ2v) is 6.00. The first-order valence-corrected chi connectivity index (χ1v) is 8.38. The standard InChI is InChI=1S/C19H20ClNO5/c1-25-17-7-4-15(20)10-14(17)11-18(22)21-9-8-13-2-5-16(6-3-13)26-12-19(23)24/h2-7,10H,8-9,11-12H2,1H3,(H,21,22)(H,23,24). The molecule has 2 aromatic rings. The summed E-state index contributed by atoms with van der Waals surface area (Å²) in [5.41, 5.74) is 1.74. The number of nitrogens with one attached hydrogen (secondary N) is 1. The zero-order chi connectivity index (χ0) is 18.9. The van der Waals surface area contributed by atoms with Crippen molar-refractivity contribution < 1.29 is 24.2 Å². The molecule has 138 valence electrons. The topological polar surface area (TPSA) is 84.9 Å². The number of carboxylic acids is 1. The number of aliphatic carboxylic acids is 1. The normalized spacial score (nSPS) is 10.2. The van der Waals surface area contributed by atoms with Crippen LogP contribution in [0.4, 0.5) is 0 Å². The molecule has 0 aromatic heterocycles. The number of rotatable bonds is 9. The third kappa shape index (κ3) is 6.29. The third-order valence-electron chi connectivity index (χ3n) is 3.61. The van der Waals surface area contributed by atoms with Gasteiger partial charge in [0.25, 0.3) is 0 Å². The highest BCUT2D eigenvalue weighted by molar-refractivity contribution is 6.30. The van der Waals surface area contributed by atoms with Crippen molar-refractivity contribution in [1.29, 1.82) is 0 Å². The molecule has 2 N–H and O–H groups in total. The van der Waals surface area contributed by atoms with Crippen LogP contribution in [-0.2, 0) is 22.4 Å². The van der Waals surface area contributed by atoms with E-state index < -0.39 is 5.97 Å². The quantitative estimate of drug-likeness (QED) is 0.701. The van der Waals surface area contributed by atoms with Crippen LogP contribution in [0.5, 0.6) is 11.5 Å². The van der Waals surface area contributed by atoms with Crippen LogP contribution in [-0.4, -0.2) is 37.2 Å². The largest absolute Gasteiger partial charge is 0.496 e. The predicted molar refractivity (Wildman–Crippen MR) is 98.0 cm³/mol. The monoisotopic (exact) mass is 377 g/mol. The van der Waals surface area contributed by atoms with E-state index in [0.717, 1.165) is 11.1 Å². The van der Waals surface area contributed by atoms with E-state index in [0.29, 0.717) is 29.5 Å². The summed E-state index contributed by atoms with van der Waals surface area (Å²) < 4.78 is 10.3. The number of carboxylic acid groups (broad SMARTS) is 1. The number of carbonyl (C=O) groups is 2. The van der Waals surface area contributed by atoms with E-state index in [9.17, 15) is 9.59 Å². The molecule has 6 nitrogen and oxygen atoms in total. The average molecular weight is 378 g/mol. The molecule has 0 aliphatic rings. The van der Waals surface area contributed by atoms with Crippen LogP contribution in [0.25, 0.3) is 0 Å². The van der Waals surface area contributed by atoms with Gasteiger partial charge in [0.15, 0.2) is 6.61 Å². The van der Waals surface area contributed by atoms with Gasteiger partial charge in [-0.05, 0) is 42.3 Å². The van der Waals surface area contributed by atoms with E-state index in [4.69, 9.17) is 26.2 Å². The summed E-state index contributed by atoms with van der Waals surface area (Å²) in [6.45, 7) is 0.111. The van der Waals surface area contributed by atoms with Crippen molar-refractivity contribution in [2.24, 2.45) is 0 Å². The van der Waals surface area contributed by atoms with Crippen LogP contribution in [0.1, 0.15) is 11.1 Å². The van der Waals surface area contributed by atoms with Crippen molar-refractivity contribution in [2.45, 2.75) is 12.8 Å². The number of ether oxygens (including phenoxy) is 2. The van der Waals surface area contributed by atoms with E-state index in [-0.39, 0.29) is 18.9 Å². The molecule has 0 radical (unpaired) electrons. The Morgan fingerprint density at radius 1 is 1.15 bits per heavy atom. The number of carbonyl (C=O) groups excluding carboxylic acids is 1. The van der Waals surface area contributed by atoms with Crippen LogP contribution >= 0.6 is 11.6 Å². The molecule has 0 aliphatic carbocycles. The lowest BCUT2D eigenvalue weighted by molar-refractivity contribution is -0.139. The molecule has 0 spiro atoms. The maximum absolute atomic E-state index is 12.1. The highest BCUT2D eigenvalue weighted by Gasteiger charge is 2.09. The van der Waals surface area contributed by atoms with Crippen LogP contribution in [0.3, 0.4) is 0 Å². The van der Waals surface area contributed by atoms with Crippen molar-refractivity contribution >= 4 is 23.5 Å². The van der Waals surface area contributed by atoms with Gasteiger partial charge in [-0.1, -0.05) is 23.7 Å². The molecule has 7 heteroatoms. The second kappa shape index (κ2) is 9.68. The van der Waals surface area contributed by atoms with Gasteiger partial charge in [0.2, 0.25) is 5.91 Å². The summed E-state index contributed by atoms with van der Waals surface area (Å²) in [5.74, 6) is -0.0187. The summed E-state index contributed by atoms with van der Waals surface area (Å²) in [4.78, 5) is 22.6. The van der Waals surface area contributed by atoms with Gasteiger partial charge in [-0.15, -0.1) is 0 Å². The first-order valence-electron chi connectivity index (χ1n) is 8.00. The molecule has 2 rings (SSSR count). The van der Waals surface area contributed by atoms with Gasteiger partial charge < -0.3 is 19.9 Å². The summed E-state index contributed by atoms with van der Waals surface area (Å²) >= 11 is 5.96. The van der Waals surface area contributed by atoms with Gasteiger partial charge >= 0.3 is 5.97 Å². The average Bonchev–Trinajstić information content (AvgIpc) is 2.61. The number of hydrogen-bond acceptors (Lipinski definition) is 4. The molecule has 0 fully saturated rings. The summed E-state index contributed by atoms with van der Waals surface area (Å²) in [6, 6.07) is 12.3. The molecule has 26 heavy (non-hydrogen) atoms. The van der Waals surface area contributed by atoms with E-state index in [1.807, 2.05) is 12.1 Å². The summed E-state index contributed by atoms with van der Waals surface area (Å²) in [6.07, 6.45) is 0.837. The van der Waals surface area contributed by atoms with Crippen LogP contribution in [0.2, 0.25) is 5.02 Å². The highest BCUT2D eigenvalue weighted by atomic mass is 35.5. The third-order valence-corrected chi connectivity index (χ3v) is 3.85. The van der Waals surface area contributed by atoms with E-state index >= 15 is 0 Å². The van der Waals surface area contributed by atoms with Gasteiger partial charge in [0, 0.05) is 17.1 Å². The SMILES string of the molecule is COc1ccc(Cl)cc1CC(=O)NCCc1ccc(OCC(=O)O)cc1. The Hall–Kier alpha value is -2.73. The van der Waals surface area contributed by atoms with Gasteiger partial charge in [0.05, 0.1) is 13.5 Å².